The van der Waals surface area contributed by atoms with Crippen molar-refractivity contribution in [1.29, 1.82) is 0 Å². The Morgan fingerprint density at radius 1 is 0.783 bits per heavy atom. The molecule has 4 nitrogen and oxygen atoms in total. The zero-order chi connectivity index (χ0) is 16.1. The van der Waals surface area contributed by atoms with Crippen LogP contribution in [0.25, 0.3) is 0 Å². The first kappa shape index (κ1) is 15.7. The van der Waals surface area contributed by atoms with E-state index in [4.69, 9.17) is 5.73 Å². The lowest BCUT2D eigenvalue weighted by Gasteiger charge is -2.34. The molecule has 23 heavy (non-hydrogen) atoms. The van der Waals surface area contributed by atoms with E-state index in [9.17, 15) is 4.79 Å². The monoisotopic (exact) mass is 309 g/mol. The molecule has 2 aromatic rings. The largest absolute Gasteiger partial charge is 0.366 e. The summed E-state index contributed by atoms with van der Waals surface area (Å²) in [6, 6.07) is 18.2. The molecule has 120 valence electrons. The lowest BCUT2D eigenvalue weighted by Crippen LogP contribution is -2.45. The van der Waals surface area contributed by atoms with Gasteiger partial charge in [-0.2, -0.15) is 0 Å². The highest BCUT2D eigenvalue weighted by Gasteiger charge is 2.17. The lowest BCUT2D eigenvalue weighted by molar-refractivity contribution is 0.1000. The van der Waals surface area contributed by atoms with Crippen molar-refractivity contribution in [2.75, 3.05) is 26.2 Å². The predicted octanol–water partition coefficient (Wildman–Crippen LogP) is 2.10. The first-order chi connectivity index (χ1) is 11.2. The van der Waals surface area contributed by atoms with Gasteiger partial charge in [-0.15, -0.1) is 0 Å². The zero-order valence-corrected chi connectivity index (χ0v) is 13.3. The van der Waals surface area contributed by atoms with E-state index < -0.39 is 0 Å². The SMILES string of the molecule is NC(=O)c1ccc(CN2CCN(Cc3ccccc3)CC2)cc1. The van der Waals surface area contributed by atoms with Gasteiger partial charge in [0.2, 0.25) is 5.91 Å². The standard InChI is InChI=1S/C19H23N3O/c20-19(23)18-8-6-17(7-9-18)15-22-12-10-21(11-13-22)14-16-4-2-1-3-5-16/h1-9H,10-15H2,(H2,20,23). The van der Waals surface area contributed by atoms with Gasteiger partial charge in [0, 0.05) is 44.8 Å². The van der Waals surface area contributed by atoms with Crippen LogP contribution in [0.5, 0.6) is 0 Å². The Bertz CT molecular complexity index is 631. The van der Waals surface area contributed by atoms with Gasteiger partial charge in [0.25, 0.3) is 0 Å². The number of piperazine rings is 1. The fraction of sp³-hybridized carbons (Fsp3) is 0.316. The molecule has 1 aliphatic rings. The summed E-state index contributed by atoms with van der Waals surface area (Å²) < 4.78 is 0. The average Bonchev–Trinajstić information content (AvgIpc) is 2.58. The van der Waals surface area contributed by atoms with E-state index in [1.807, 2.05) is 24.3 Å². The minimum absolute atomic E-state index is 0.369. The van der Waals surface area contributed by atoms with Gasteiger partial charge in [0.1, 0.15) is 0 Å². The Balaban J connectivity index is 1.48. The summed E-state index contributed by atoms with van der Waals surface area (Å²) >= 11 is 0. The maximum atomic E-state index is 11.1. The predicted molar refractivity (Wildman–Crippen MR) is 92.0 cm³/mol. The maximum absolute atomic E-state index is 11.1. The number of hydrogen-bond acceptors (Lipinski definition) is 3. The van der Waals surface area contributed by atoms with Crippen LogP contribution in [0, 0.1) is 0 Å². The molecule has 4 heteroatoms. The molecule has 1 amide bonds. The van der Waals surface area contributed by atoms with E-state index in [2.05, 4.69) is 40.1 Å². The molecule has 0 aliphatic carbocycles. The van der Waals surface area contributed by atoms with Crippen molar-refractivity contribution in [1.82, 2.24) is 9.80 Å². The molecule has 0 atom stereocenters. The Labute approximate surface area is 137 Å². The van der Waals surface area contributed by atoms with E-state index >= 15 is 0 Å². The molecular weight excluding hydrogens is 286 g/mol. The van der Waals surface area contributed by atoms with Crippen LogP contribution in [-0.2, 0) is 13.1 Å². The van der Waals surface area contributed by atoms with Crippen molar-refractivity contribution in [3.05, 3.63) is 71.3 Å². The van der Waals surface area contributed by atoms with Gasteiger partial charge in [-0.05, 0) is 23.3 Å². The van der Waals surface area contributed by atoms with Gasteiger partial charge in [-0.25, -0.2) is 0 Å². The van der Waals surface area contributed by atoms with Gasteiger partial charge in [-0.1, -0.05) is 42.5 Å². The van der Waals surface area contributed by atoms with Crippen molar-refractivity contribution in [3.63, 3.8) is 0 Å². The molecule has 1 heterocycles. The third-order valence-corrected chi connectivity index (χ3v) is 4.36. The van der Waals surface area contributed by atoms with Gasteiger partial charge >= 0.3 is 0 Å². The summed E-state index contributed by atoms with van der Waals surface area (Å²) in [4.78, 5) is 16.1. The molecule has 0 unspecified atom stereocenters. The van der Waals surface area contributed by atoms with Gasteiger partial charge in [0.15, 0.2) is 0 Å². The third-order valence-electron chi connectivity index (χ3n) is 4.36. The van der Waals surface area contributed by atoms with E-state index in [1.54, 1.807) is 0 Å². The Morgan fingerprint density at radius 3 is 1.74 bits per heavy atom. The molecule has 0 saturated carbocycles. The van der Waals surface area contributed by atoms with Crippen LogP contribution in [0.2, 0.25) is 0 Å². The smallest absolute Gasteiger partial charge is 0.248 e. The van der Waals surface area contributed by atoms with Crippen LogP contribution in [-0.4, -0.2) is 41.9 Å². The van der Waals surface area contributed by atoms with Crippen LogP contribution in [0.15, 0.2) is 54.6 Å². The molecule has 0 spiro atoms. The number of amides is 1. The molecule has 1 fully saturated rings. The molecular formula is C19H23N3O. The van der Waals surface area contributed by atoms with Crippen LogP contribution < -0.4 is 5.73 Å². The third kappa shape index (κ3) is 4.41. The van der Waals surface area contributed by atoms with Gasteiger partial charge < -0.3 is 5.73 Å². The summed E-state index contributed by atoms with van der Waals surface area (Å²) in [5.74, 6) is -0.369. The minimum Gasteiger partial charge on any atom is -0.366 e. The van der Waals surface area contributed by atoms with Crippen molar-refractivity contribution in [2.24, 2.45) is 5.73 Å². The number of carbonyl (C=O) groups excluding carboxylic acids is 1. The van der Waals surface area contributed by atoms with Crippen LogP contribution >= 0.6 is 0 Å². The second-order valence-electron chi connectivity index (χ2n) is 6.10. The zero-order valence-electron chi connectivity index (χ0n) is 13.3. The number of primary amides is 1. The first-order valence-corrected chi connectivity index (χ1v) is 8.08. The van der Waals surface area contributed by atoms with E-state index in [1.165, 1.54) is 11.1 Å². The minimum atomic E-state index is -0.369. The fourth-order valence-corrected chi connectivity index (χ4v) is 2.98. The second-order valence-corrected chi connectivity index (χ2v) is 6.10. The van der Waals surface area contributed by atoms with Gasteiger partial charge in [0.05, 0.1) is 0 Å². The van der Waals surface area contributed by atoms with E-state index in [0.29, 0.717) is 5.56 Å². The molecule has 2 N–H and O–H groups in total. The highest BCUT2D eigenvalue weighted by molar-refractivity contribution is 5.92. The van der Waals surface area contributed by atoms with Gasteiger partial charge in [-0.3, -0.25) is 14.6 Å². The van der Waals surface area contributed by atoms with E-state index in [-0.39, 0.29) is 5.91 Å². The summed E-state index contributed by atoms with van der Waals surface area (Å²) in [6.07, 6.45) is 0. The number of rotatable bonds is 5. The van der Waals surface area contributed by atoms with Crippen molar-refractivity contribution in [3.8, 4) is 0 Å². The number of hydrogen-bond donors (Lipinski definition) is 1. The summed E-state index contributed by atoms with van der Waals surface area (Å²) in [6.45, 7) is 6.29. The van der Waals surface area contributed by atoms with Crippen LogP contribution in [0.4, 0.5) is 0 Å². The van der Waals surface area contributed by atoms with Crippen LogP contribution in [0.3, 0.4) is 0 Å². The Hall–Kier alpha value is -2.17. The van der Waals surface area contributed by atoms with Crippen molar-refractivity contribution in [2.45, 2.75) is 13.1 Å². The van der Waals surface area contributed by atoms with E-state index in [0.717, 1.165) is 39.3 Å². The second kappa shape index (κ2) is 7.40. The number of nitrogens with two attached hydrogens (primary N) is 1. The maximum Gasteiger partial charge on any atom is 0.248 e. The summed E-state index contributed by atoms with van der Waals surface area (Å²) in [5, 5.41) is 0. The quantitative estimate of drug-likeness (QED) is 0.920. The molecule has 1 aliphatic heterocycles. The van der Waals surface area contributed by atoms with Crippen molar-refractivity contribution < 1.29 is 4.79 Å². The number of benzene rings is 2. The molecule has 0 radical (unpaired) electrons. The Kier molecular flexibility index (Phi) is 5.05. The van der Waals surface area contributed by atoms with Crippen molar-refractivity contribution >= 4 is 5.91 Å². The number of carbonyl (C=O) groups is 1. The highest BCUT2D eigenvalue weighted by atomic mass is 16.1. The molecule has 3 rings (SSSR count). The molecule has 0 aromatic heterocycles. The lowest BCUT2D eigenvalue weighted by atomic mass is 10.1. The molecule has 1 saturated heterocycles. The molecule has 0 bridgehead atoms. The summed E-state index contributed by atoms with van der Waals surface area (Å²) in [5.41, 5.74) is 8.45. The topological polar surface area (TPSA) is 49.6 Å². The Morgan fingerprint density at radius 2 is 1.26 bits per heavy atom. The number of nitrogens with zero attached hydrogens (tertiary/aromatic N) is 2. The highest BCUT2D eigenvalue weighted by Crippen LogP contribution is 2.12. The first-order valence-electron chi connectivity index (χ1n) is 8.08. The average molecular weight is 309 g/mol. The fourth-order valence-electron chi connectivity index (χ4n) is 2.98. The molecule has 2 aromatic carbocycles. The van der Waals surface area contributed by atoms with Crippen LogP contribution in [0.1, 0.15) is 21.5 Å². The summed E-state index contributed by atoms with van der Waals surface area (Å²) in [7, 11) is 0. The normalized spacial score (nSPS) is 16.3.